The van der Waals surface area contributed by atoms with Gasteiger partial charge >= 0.3 is 0 Å². The number of aromatic nitrogens is 2. The molecule has 2 saturated carbocycles. The molecule has 6 aliphatic rings. The molecule has 1 aromatic carbocycles. The van der Waals surface area contributed by atoms with Crippen LogP contribution in [0.15, 0.2) is 30.6 Å². The SMILES string of the molecule is O=C1NC(=O)C2(N3Cc4cc(O[C@H]5CCC[C@@H]5N5CC(c6ncc(Cl)cn6)C5)ccc4C3=O)CC1C2. The highest BCUT2D eigenvalue weighted by Crippen LogP contribution is 2.49. The second-order valence-electron chi connectivity index (χ2n) is 10.7. The van der Waals surface area contributed by atoms with Gasteiger partial charge in [-0.05, 0) is 55.9 Å². The number of nitrogens with zero attached hydrogens (tertiary/aromatic N) is 4. The molecular formula is C26H26ClN5O4. The van der Waals surface area contributed by atoms with Crippen LogP contribution in [0.4, 0.5) is 0 Å². The van der Waals surface area contributed by atoms with Gasteiger partial charge in [-0.2, -0.15) is 0 Å². The van der Waals surface area contributed by atoms with E-state index in [1.165, 1.54) is 0 Å². The average Bonchev–Trinajstić information content (AvgIpc) is 3.37. The average molecular weight is 508 g/mol. The molecule has 1 aromatic heterocycles. The Morgan fingerprint density at radius 2 is 1.83 bits per heavy atom. The van der Waals surface area contributed by atoms with Gasteiger partial charge in [0.15, 0.2) is 0 Å². The zero-order valence-electron chi connectivity index (χ0n) is 19.7. The number of benzene rings is 1. The molecule has 0 spiro atoms. The van der Waals surface area contributed by atoms with Crippen molar-refractivity contribution in [2.75, 3.05) is 13.1 Å². The summed E-state index contributed by atoms with van der Waals surface area (Å²) in [5, 5.41) is 2.98. The maximum Gasteiger partial charge on any atom is 0.255 e. The fourth-order valence-corrected chi connectivity index (χ4v) is 6.73. The van der Waals surface area contributed by atoms with E-state index in [4.69, 9.17) is 16.3 Å². The molecule has 2 bridgehead atoms. The Bertz CT molecular complexity index is 1270. The van der Waals surface area contributed by atoms with E-state index in [-0.39, 0.29) is 29.7 Å². The molecular weight excluding hydrogens is 482 g/mol. The van der Waals surface area contributed by atoms with Crippen LogP contribution in [0.3, 0.4) is 0 Å². The number of nitrogens with one attached hydrogen (secondary N) is 1. The smallest absolute Gasteiger partial charge is 0.255 e. The first-order chi connectivity index (χ1) is 17.4. The monoisotopic (exact) mass is 507 g/mol. The number of carbonyl (C=O) groups excluding carboxylic acids is 3. The fourth-order valence-electron chi connectivity index (χ4n) is 6.63. The van der Waals surface area contributed by atoms with Crippen molar-refractivity contribution in [3.8, 4) is 5.75 Å². The zero-order chi connectivity index (χ0) is 24.6. The Hall–Kier alpha value is -3.04. The highest BCUT2D eigenvalue weighted by atomic mass is 35.5. The molecule has 5 fully saturated rings. The van der Waals surface area contributed by atoms with Gasteiger partial charge in [0, 0.05) is 55.5 Å². The third-order valence-electron chi connectivity index (χ3n) is 8.69. The number of halogens is 1. The number of carbonyl (C=O) groups is 3. The largest absolute Gasteiger partial charge is 0.489 e. The molecule has 10 heteroatoms. The lowest BCUT2D eigenvalue weighted by atomic mass is 9.63. The van der Waals surface area contributed by atoms with Crippen LogP contribution in [0.25, 0.3) is 0 Å². The number of hydrogen-bond donors (Lipinski definition) is 1. The maximum atomic E-state index is 13.2. The normalized spacial score (nSPS) is 31.6. The Morgan fingerprint density at radius 3 is 2.58 bits per heavy atom. The summed E-state index contributed by atoms with van der Waals surface area (Å²) in [6.45, 7) is 2.18. The fraction of sp³-hybridized carbons (Fsp3) is 0.500. The van der Waals surface area contributed by atoms with Crippen molar-refractivity contribution in [3.63, 3.8) is 0 Å². The van der Waals surface area contributed by atoms with Gasteiger partial charge in [0.25, 0.3) is 11.8 Å². The minimum atomic E-state index is -0.895. The summed E-state index contributed by atoms with van der Waals surface area (Å²) < 4.78 is 6.47. The summed E-state index contributed by atoms with van der Waals surface area (Å²) in [6.07, 6.45) is 7.42. The number of amides is 3. The van der Waals surface area contributed by atoms with Crippen molar-refractivity contribution in [2.24, 2.45) is 5.92 Å². The molecule has 9 nitrogen and oxygen atoms in total. The highest BCUT2D eigenvalue weighted by molar-refractivity contribution is 6.30. The van der Waals surface area contributed by atoms with Crippen molar-refractivity contribution in [1.82, 2.24) is 25.1 Å². The molecule has 2 aromatic rings. The third kappa shape index (κ3) is 3.29. The van der Waals surface area contributed by atoms with E-state index in [2.05, 4.69) is 20.2 Å². The number of hydrogen-bond acceptors (Lipinski definition) is 7. The molecule has 36 heavy (non-hydrogen) atoms. The topological polar surface area (TPSA) is 105 Å². The van der Waals surface area contributed by atoms with Crippen LogP contribution >= 0.6 is 11.6 Å². The van der Waals surface area contributed by atoms with Crippen molar-refractivity contribution >= 4 is 29.3 Å². The minimum Gasteiger partial charge on any atom is -0.489 e. The van der Waals surface area contributed by atoms with Gasteiger partial charge in [-0.1, -0.05) is 11.6 Å². The molecule has 4 aliphatic heterocycles. The van der Waals surface area contributed by atoms with E-state index in [1.807, 2.05) is 18.2 Å². The summed E-state index contributed by atoms with van der Waals surface area (Å²) in [4.78, 5) is 50.5. The number of ether oxygens (including phenoxy) is 1. The molecule has 5 heterocycles. The standard InChI is InChI=1S/C26H26ClN5O4/c27-17-9-28-22(29-10-17)16-11-31(12-16)20-2-1-3-21(20)36-18-4-5-19-14(6-18)13-32(24(19)34)26-7-15(8-26)23(33)30-25(26)35/h4-6,9-10,15-16,20-21H,1-3,7-8,11-13H2,(H,30,33,35)/t15?,20-,21-,26?/m0/s1. The third-order valence-corrected chi connectivity index (χ3v) is 8.88. The predicted molar refractivity (Wildman–Crippen MR) is 128 cm³/mol. The van der Waals surface area contributed by atoms with Gasteiger partial charge < -0.3 is 9.64 Å². The molecule has 2 aliphatic carbocycles. The van der Waals surface area contributed by atoms with Crippen molar-refractivity contribution < 1.29 is 19.1 Å². The zero-order valence-corrected chi connectivity index (χ0v) is 20.4. The van der Waals surface area contributed by atoms with Crippen molar-refractivity contribution in [2.45, 2.75) is 62.3 Å². The van der Waals surface area contributed by atoms with E-state index in [0.29, 0.717) is 41.9 Å². The summed E-state index contributed by atoms with van der Waals surface area (Å²) >= 11 is 5.91. The Labute approximate surface area is 213 Å². The molecule has 186 valence electrons. The quantitative estimate of drug-likeness (QED) is 0.619. The molecule has 0 radical (unpaired) electrons. The van der Waals surface area contributed by atoms with Gasteiger partial charge in [0.1, 0.15) is 23.2 Å². The van der Waals surface area contributed by atoms with Gasteiger partial charge in [-0.15, -0.1) is 0 Å². The molecule has 8 rings (SSSR count). The number of rotatable bonds is 5. The highest BCUT2D eigenvalue weighted by Gasteiger charge is 2.63. The van der Waals surface area contributed by atoms with Crippen molar-refractivity contribution in [1.29, 1.82) is 0 Å². The van der Waals surface area contributed by atoms with Gasteiger partial charge in [0.2, 0.25) is 5.91 Å². The summed E-state index contributed by atoms with van der Waals surface area (Å²) in [5.74, 6) is 1.02. The lowest BCUT2D eigenvalue weighted by Crippen LogP contribution is -2.73. The van der Waals surface area contributed by atoms with Crippen molar-refractivity contribution in [3.05, 3.63) is 52.6 Å². The van der Waals surface area contributed by atoms with Crippen LogP contribution in [-0.2, 0) is 16.1 Å². The van der Waals surface area contributed by atoms with E-state index in [0.717, 1.165) is 49.5 Å². The number of fused-ring (bicyclic) bond motifs is 3. The van der Waals surface area contributed by atoms with Crippen LogP contribution in [0.1, 0.15) is 59.8 Å². The Kier molecular flexibility index (Phi) is 4.92. The van der Waals surface area contributed by atoms with E-state index in [9.17, 15) is 14.4 Å². The summed E-state index contributed by atoms with van der Waals surface area (Å²) in [5.41, 5.74) is 0.591. The van der Waals surface area contributed by atoms with Gasteiger partial charge in [0.05, 0.1) is 5.02 Å². The van der Waals surface area contributed by atoms with E-state index >= 15 is 0 Å². The van der Waals surface area contributed by atoms with Gasteiger partial charge in [-0.25, -0.2) is 9.97 Å². The molecule has 3 amide bonds. The first-order valence-corrected chi connectivity index (χ1v) is 13.0. The van der Waals surface area contributed by atoms with Crippen LogP contribution in [-0.4, -0.2) is 68.3 Å². The first kappa shape index (κ1) is 22.2. The maximum absolute atomic E-state index is 13.2. The number of piperidine rings is 2. The molecule has 3 saturated heterocycles. The lowest BCUT2D eigenvalue weighted by molar-refractivity contribution is -0.160. The van der Waals surface area contributed by atoms with Gasteiger partial charge in [-0.3, -0.25) is 24.6 Å². The van der Waals surface area contributed by atoms with Crippen LogP contribution in [0, 0.1) is 5.92 Å². The molecule has 2 atom stereocenters. The minimum absolute atomic E-state index is 0.0875. The Balaban J connectivity index is 1.02. The summed E-state index contributed by atoms with van der Waals surface area (Å²) in [7, 11) is 0. The lowest BCUT2D eigenvalue weighted by Gasteiger charge is -2.53. The summed E-state index contributed by atoms with van der Waals surface area (Å²) in [6, 6.07) is 5.96. The van der Waals surface area contributed by atoms with Crippen LogP contribution < -0.4 is 10.1 Å². The van der Waals surface area contributed by atoms with E-state index in [1.54, 1.807) is 17.3 Å². The Morgan fingerprint density at radius 1 is 1.06 bits per heavy atom. The predicted octanol–water partition coefficient (Wildman–Crippen LogP) is 2.29. The number of likely N-dealkylation sites (tertiary alicyclic amines) is 1. The molecule has 1 N–H and O–H groups in total. The number of imide groups is 1. The van der Waals surface area contributed by atoms with E-state index < -0.39 is 5.54 Å². The van der Waals surface area contributed by atoms with Crippen LogP contribution in [0.2, 0.25) is 5.02 Å². The first-order valence-electron chi connectivity index (χ1n) is 12.6. The van der Waals surface area contributed by atoms with Crippen LogP contribution in [0.5, 0.6) is 5.75 Å². The molecule has 0 unspecified atom stereocenters. The second kappa shape index (κ2) is 7.98. The second-order valence-corrected chi connectivity index (χ2v) is 11.2.